The van der Waals surface area contributed by atoms with E-state index in [-0.39, 0.29) is 61.5 Å². The third-order valence-corrected chi connectivity index (χ3v) is 8.02. The smallest absolute Gasteiger partial charge is 0.308 e. The predicted molar refractivity (Wildman–Crippen MR) is 193 cm³/mol. The Morgan fingerprint density at radius 2 is 1.41 bits per heavy atom. The molecule has 0 aromatic heterocycles. The minimum atomic E-state index is -1.11. The molecule has 10 unspecified atom stereocenters. The van der Waals surface area contributed by atoms with Gasteiger partial charge in [-0.15, -0.1) is 0 Å². The molecule has 296 valence electrons. The Kier molecular flexibility index (Phi) is 33.5. The molecule has 3 fully saturated rings. The fourth-order valence-corrected chi connectivity index (χ4v) is 5.09. The molecular formula is C36H76N2O11. The second-order valence-corrected chi connectivity index (χ2v) is 12.4. The van der Waals surface area contributed by atoms with Gasteiger partial charge in [-0.05, 0) is 66.1 Å². The Bertz CT molecular complexity index is 782. The molecule has 11 atom stereocenters. The van der Waals surface area contributed by atoms with Gasteiger partial charge in [-0.2, -0.15) is 0 Å². The first-order valence-electron chi connectivity index (χ1n) is 18.4. The quantitative estimate of drug-likeness (QED) is 0.229. The summed E-state index contributed by atoms with van der Waals surface area (Å²) in [6.45, 7) is 20.0. The van der Waals surface area contributed by atoms with Gasteiger partial charge in [0, 0.05) is 32.0 Å². The fourth-order valence-electron chi connectivity index (χ4n) is 5.09. The number of carbonyl (C=O) groups excluding carboxylic acids is 2. The van der Waals surface area contributed by atoms with E-state index >= 15 is 0 Å². The van der Waals surface area contributed by atoms with E-state index in [0.29, 0.717) is 31.8 Å². The number of hydrogen-bond donors (Lipinski definition) is 6. The fraction of sp³-hybridized carbons (Fsp3) is 0.944. The van der Waals surface area contributed by atoms with Gasteiger partial charge >= 0.3 is 5.97 Å². The summed E-state index contributed by atoms with van der Waals surface area (Å²) in [5, 5.41) is 51.3. The highest BCUT2D eigenvalue weighted by molar-refractivity contribution is 5.84. The maximum atomic E-state index is 11.8. The summed E-state index contributed by atoms with van der Waals surface area (Å²) in [6.07, 6.45) is 0.558. The van der Waals surface area contributed by atoms with Crippen molar-refractivity contribution in [2.24, 2.45) is 11.8 Å². The third-order valence-electron chi connectivity index (χ3n) is 8.02. The summed E-state index contributed by atoms with van der Waals surface area (Å²) in [6, 6.07) is 0.143. The van der Waals surface area contributed by atoms with E-state index in [1.807, 2.05) is 69.5 Å². The second kappa shape index (κ2) is 31.5. The van der Waals surface area contributed by atoms with Crippen molar-refractivity contribution in [3.8, 4) is 0 Å². The Morgan fingerprint density at radius 3 is 1.92 bits per heavy atom. The molecule has 0 aliphatic carbocycles. The van der Waals surface area contributed by atoms with E-state index in [0.717, 1.165) is 19.3 Å². The lowest BCUT2D eigenvalue weighted by molar-refractivity contribution is -0.174. The predicted octanol–water partition coefficient (Wildman–Crippen LogP) is 3.26. The molecule has 13 heteroatoms. The van der Waals surface area contributed by atoms with Crippen LogP contribution in [0.2, 0.25) is 0 Å². The molecule has 3 aliphatic heterocycles. The van der Waals surface area contributed by atoms with Crippen LogP contribution in [0.1, 0.15) is 114 Å². The van der Waals surface area contributed by atoms with Gasteiger partial charge in [-0.1, -0.05) is 61.8 Å². The van der Waals surface area contributed by atoms with Gasteiger partial charge in [0.1, 0.15) is 25.4 Å². The van der Waals surface area contributed by atoms with Gasteiger partial charge in [0.05, 0.1) is 24.2 Å². The molecule has 13 nitrogen and oxygen atoms in total. The highest BCUT2D eigenvalue weighted by atomic mass is 16.6. The summed E-state index contributed by atoms with van der Waals surface area (Å²) in [5.74, 6) is -0.478. The topological polar surface area (TPSA) is 187 Å². The molecule has 0 saturated carbocycles. The lowest BCUT2D eigenvalue weighted by atomic mass is 9.97. The molecule has 49 heavy (non-hydrogen) atoms. The number of esters is 1. The van der Waals surface area contributed by atoms with Crippen LogP contribution in [0.3, 0.4) is 0 Å². The third kappa shape index (κ3) is 24.5. The van der Waals surface area contributed by atoms with Crippen molar-refractivity contribution in [1.82, 2.24) is 10.2 Å². The number of nitrogens with zero attached hydrogens (tertiary/aromatic N) is 1. The standard InChI is InChI=1S/C16H31NO5.C8H17NO2.C6H10O4.3C2H6/c1-10-7-13(18)6-4-5-11(2)16(21)22-9-14(19)15(20)12(3)17-8-10;1-6-4-7(9(2)3)5-8(10)11-6;1-9-5-2-6(8)10-3-4(5)7;3*1-2/h10-15,17-20H,4-9H2,1-3H3;6-8,10H,4-5H2,1-3H3;5-6,8H,2-3H2,1H3;3*1-2H3/t10-,11?,12?,13?,14?,15?;;;;;/m1...../s1. The van der Waals surface area contributed by atoms with Crippen LogP contribution < -0.4 is 5.32 Å². The molecule has 0 aromatic rings. The number of cyclic esters (lactones) is 1. The van der Waals surface area contributed by atoms with E-state index in [1.165, 1.54) is 7.11 Å². The van der Waals surface area contributed by atoms with Crippen molar-refractivity contribution < 1.29 is 54.1 Å². The van der Waals surface area contributed by atoms with Crippen LogP contribution >= 0.6 is 0 Å². The monoisotopic (exact) mass is 713 g/mol. The summed E-state index contributed by atoms with van der Waals surface area (Å²) in [7, 11) is 5.52. The van der Waals surface area contributed by atoms with Crippen LogP contribution in [0.15, 0.2) is 0 Å². The first-order chi connectivity index (χ1) is 23.1. The number of hydrogen-bond acceptors (Lipinski definition) is 13. The maximum Gasteiger partial charge on any atom is 0.308 e. The van der Waals surface area contributed by atoms with Gasteiger partial charge < -0.3 is 54.7 Å². The number of carbonyl (C=O) groups is 2. The highest BCUT2D eigenvalue weighted by Crippen LogP contribution is 2.20. The number of methoxy groups -OCH3 is 1. The van der Waals surface area contributed by atoms with Crippen molar-refractivity contribution in [3.05, 3.63) is 0 Å². The van der Waals surface area contributed by atoms with E-state index < -0.39 is 30.9 Å². The molecule has 0 bridgehead atoms. The molecule has 3 heterocycles. The van der Waals surface area contributed by atoms with E-state index in [4.69, 9.17) is 19.3 Å². The minimum Gasteiger partial charge on any atom is -0.463 e. The SMILES string of the molecule is CC.CC.CC.CC1CC(N(C)C)CC(O)O1.CC1CCCC(O)C[C@@H](C)CNC(C)C(O)C(O)COC1=O.COC1CC(O)OCC1=O. The minimum absolute atomic E-state index is 0.0420. The zero-order chi connectivity index (χ0) is 38.7. The number of aliphatic hydroxyl groups excluding tert-OH is 5. The van der Waals surface area contributed by atoms with Crippen molar-refractivity contribution >= 4 is 11.8 Å². The van der Waals surface area contributed by atoms with Crippen LogP contribution in [0.25, 0.3) is 0 Å². The van der Waals surface area contributed by atoms with Crippen LogP contribution in [0.5, 0.6) is 0 Å². The van der Waals surface area contributed by atoms with E-state index in [1.54, 1.807) is 13.8 Å². The lowest BCUT2D eigenvalue weighted by Crippen LogP contribution is -2.47. The number of rotatable bonds is 2. The zero-order valence-electron chi connectivity index (χ0n) is 33.1. The normalized spacial score (nSPS) is 34.4. The van der Waals surface area contributed by atoms with Crippen LogP contribution in [0, 0.1) is 11.8 Å². The summed E-state index contributed by atoms with van der Waals surface area (Å²) >= 11 is 0. The Morgan fingerprint density at radius 1 is 0.816 bits per heavy atom. The molecule has 0 radical (unpaired) electrons. The molecule has 3 rings (SSSR count). The van der Waals surface area contributed by atoms with Gasteiger partial charge in [0.15, 0.2) is 18.4 Å². The molecule has 0 aromatic carbocycles. The Balaban J connectivity index is -0.000000655. The van der Waals surface area contributed by atoms with Gasteiger partial charge in [0.2, 0.25) is 0 Å². The van der Waals surface area contributed by atoms with Crippen LogP contribution in [-0.2, 0) is 28.5 Å². The van der Waals surface area contributed by atoms with E-state index in [9.17, 15) is 30.0 Å². The second-order valence-electron chi connectivity index (χ2n) is 12.4. The van der Waals surface area contributed by atoms with Crippen molar-refractivity contribution in [1.29, 1.82) is 0 Å². The molecule has 6 N–H and O–H groups in total. The largest absolute Gasteiger partial charge is 0.463 e. The molecule has 3 aliphatic rings. The number of ketones is 1. The average Bonchev–Trinajstić information content (AvgIpc) is 3.09. The van der Waals surface area contributed by atoms with E-state index in [2.05, 4.69) is 15.0 Å². The van der Waals surface area contributed by atoms with Crippen molar-refractivity contribution in [3.63, 3.8) is 0 Å². The van der Waals surface area contributed by atoms with Crippen molar-refractivity contribution in [2.45, 2.75) is 169 Å². The number of Topliss-reactive ketones (excluding diaryl/α,β-unsaturated/α-hetero) is 1. The first kappa shape index (κ1) is 52.1. The summed E-state index contributed by atoms with van der Waals surface area (Å²) < 4.78 is 19.7. The molecule has 0 spiro atoms. The van der Waals surface area contributed by atoms with Crippen LogP contribution in [-0.4, -0.2) is 138 Å². The highest BCUT2D eigenvalue weighted by Gasteiger charge is 2.29. The number of ether oxygens (including phenoxy) is 4. The van der Waals surface area contributed by atoms with Gasteiger partial charge in [-0.3, -0.25) is 9.59 Å². The van der Waals surface area contributed by atoms with Gasteiger partial charge in [-0.25, -0.2) is 0 Å². The Labute approximate surface area is 298 Å². The molecule has 3 saturated heterocycles. The summed E-state index contributed by atoms with van der Waals surface area (Å²) in [5.41, 5.74) is 0. The first-order valence-corrected chi connectivity index (χ1v) is 18.4. The number of nitrogens with one attached hydrogen (secondary N) is 1. The Hall–Kier alpha value is -1.26. The average molecular weight is 713 g/mol. The molecular weight excluding hydrogens is 636 g/mol. The van der Waals surface area contributed by atoms with Crippen molar-refractivity contribution in [2.75, 3.05) is 41.0 Å². The lowest BCUT2D eigenvalue weighted by Gasteiger charge is -2.34. The summed E-state index contributed by atoms with van der Waals surface area (Å²) in [4.78, 5) is 24.8. The van der Waals surface area contributed by atoms with Gasteiger partial charge in [0.25, 0.3) is 0 Å². The maximum absolute atomic E-state index is 11.8. The zero-order valence-corrected chi connectivity index (χ0v) is 33.1. The van der Waals surface area contributed by atoms with Crippen LogP contribution in [0.4, 0.5) is 0 Å². The number of aliphatic hydroxyl groups is 5. The molecule has 0 amide bonds.